The molecule has 0 radical (unpaired) electrons. The minimum Gasteiger partial charge on any atom is -0.342 e. The summed E-state index contributed by atoms with van der Waals surface area (Å²) in [5, 5.41) is 8.49. The molecule has 1 aliphatic carbocycles. The Morgan fingerprint density at radius 2 is 2.31 bits per heavy atom. The van der Waals surface area contributed by atoms with E-state index in [9.17, 15) is 4.79 Å². The number of nitrogens with zero attached hydrogens (tertiary/aromatic N) is 2. The molecule has 1 atom stereocenters. The zero-order valence-corrected chi connectivity index (χ0v) is 8.29. The summed E-state index contributed by atoms with van der Waals surface area (Å²) in [5.74, 6) is 0.458. The number of nitriles is 1. The number of amides is 1. The van der Waals surface area contributed by atoms with Gasteiger partial charge in [-0.1, -0.05) is 6.42 Å². The highest BCUT2D eigenvalue weighted by atomic mass is 16.2. The third-order valence-corrected chi connectivity index (χ3v) is 2.85. The Morgan fingerprint density at radius 1 is 1.69 bits per heavy atom. The van der Waals surface area contributed by atoms with Gasteiger partial charge in [0.25, 0.3) is 0 Å². The van der Waals surface area contributed by atoms with Crippen molar-refractivity contribution in [3.05, 3.63) is 0 Å². The Kier molecular flexibility index (Phi) is 3.30. The summed E-state index contributed by atoms with van der Waals surface area (Å²) in [6.45, 7) is 1.92. The van der Waals surface area contributed by atoms with Gasteiger partial charge in [0.2, 0.25) is 5.91 Å². The first-order valence-electron chi connectivity index (χ1n) is 4.80. The van der Waals surface area contributed by atoms with Crippen molar-refractivity contribution in [1.29, 1.82) is 5.26 Å². The van der Waals surface area contributed by atoms with Gasteiger partial charge in [0.1, 0.15) is 0 Å². The number of carbonyl (C=O) groups is 1. The lowest BCUT2D eigenvalue weighted by Crippen LogP contribution is -2.41. The Balaban J connectivity index is 2.41. The van der Waals surface area contributed by atoms with Crippen LogP contribution < -0.4 is 0 Å². The van der Waals surface area contributed by atoms with E-state index >= 15 is 0 Å². The third kappa shape index (κ3) is 2.21. The molecule has 0 bridgehead atoms. The standard InChI is InChI=1S/C10H16N2O/c1-8(6-7-11)12(2)10(13)9-4-3-5-9/h8-9H,3-6H2,1-2H3. The molecule has 0 aromatic carbocycles. The van der Waals surface area contributed by atoms with E-state index in [-0.39, 0.29) is 17.9 Å². The molecule has 0 saturated heterocycles. The zero-order chi connectivity index (χ0) is 9.84. The second kappa shape index (κ2) is 4.27. The molecule has 0 aromatic rings. The fourth-order valence-electron chi connectivity index (χ4n) is 1.43. The molecule has 3 nitrogen and oxygen atoms in total. The van der Waals surface area contributed by atoms with Crippen LogP contribution >= 0.6 is 0 Å². The van der Waals surface area contributed by atoms with Crippen molar-refractivity contribution in [3.8, 4) is 6.07 Å². The summed E-state index contributed by atoms with van der Waals surface area (Å²) in [5.41, 5.74) is 0. The molecule has 1 rings (SSSR count). The molecular weight excluding hydrogens is 164 g/mol. The topological polar surface area (TPSA) is 44.1 Å². The lowest BCUT2D eigenvalue weighted by molar-refractivity contribution is -0.138. The van der Waals surface area contributed by atoms with Crippen molar-refractivity contribution in [2.75, 3.05) is 7.05 Å². The summed E-state index contributed by atoms with van der Waals surface area (Å²) in [6.07, 6.45) is 3.66. The minimum absolute atomic E-state index is 0.0538. The van der Waals surface area contributed by atoms with Crippen molar-refractivity contribution >= 4 is 5.91 Å². The summed E-state index contributed by atoms with van der Waals surface area (Å²) < 4.78 is 0. The molecule has 0 aliphatic heterocycles. The molecular formula is C10H16N2O. The quantitative estimate of drug-likeness (QED) is 0.661. The Labute approximate surface area is 79.3 Å². The van der Waals surface area contributed by atoms with Gasteiger partial charge < -0.3 is 4.90 Å². The maximum atomic E-state index is 11.7. The van der Waals surface area contributed by atoms with Crippen molar-refractivity contribution in [3.63, 3.8) is 0 Å². The van der Waals surface area contributed by atoms with Gasteiger partial charge in [0.05, 0.1) is 12.5 Å². The SMILES string of the molecule is CC(CC#N)N(C)C(=O)C1CCC1. The fourth-order valence-corrected chi connectivity index (χ4v) is 1.43. The van der Waals surface area contributed by atoms with Crippen molar-refractivity contribution in [2.24, 2.45) is 5.92 Å². The van der Waals surface area contributed by atoms with Gasteiger partial charge in [-0.3, -0.25) is 4.79 Å². The van der Waals surface area contributed by atoms with Crippen LogP contribution in [-0.2, 0) is 4.79 Å². The van der Waals surface area contributed by atoms with Gasteiger partial charge in [-0.2, -0.15) is 5.26 Å². The zero-order valence-electron chi connectivity index (χ0n) is 8.29. The molecule has 0 heterocycles. The van der Waals surface area contributed by atoms with Gasteiger partial charge in [0.15, 0.2) is 0 Å². The van der Waals surface area contributed by atoms with E-state index < -0.39 is 0 Å². The van der Waals surface area contributed by atoms with Crippen LogP contribution in [0.3, 0.4) is 0 Å². The fraction of sp³-hybridized carbons (Fsp3) is 0.800. The molecule has 13 heavy (non-hydrogen) atoms. The predicted octanol–water partition coefficient (Wildman–Crippen LogP) is 1.55. The van der Waals surface area contributed by atoms with Crippen molar-refractivity contribution in [2.45, 2.75) is 38.6 Å². The van der Waals surface area contributed by atoms with Crippen molar-refractivity contribution < 1.29 is 4.79 Å². The summed E-state index contributed by atoms with van der Waals surface area (Å²) in [4.78, 5) is 13.4. The lowest BCUT2D eigenvalue weighted by Gasteiger charge is -2.32. The third-order valence-electron chi connectivity index (χ3n) is 2.85. The maximum absolute atomic E-state index is 11.7. The van der Waals surface area contributed by atoms with Crippen LogP contribution in [0.2, 0.25) is 0 Å². The molecule has 3 heteroatoms. The Hall–Kier alpha value is -1.04. The van der Waals surface area contributed by atoms with E-state index in [0.717, 1.165) is 12.8 Å². The van der Waals surface area contributed by atoms with Crippen LogP contribution in [0, 0.1) is 17.2 Å². The average Bonchev–Trinajstić information content (AvgIpc) is 2.00. The van der Waals surface area contributed by atoms with Crippen LogP contribution in [0.25, 0.3) is 0 Å². The van der Waals surface area contributed by atoms with E-state index in [2.05, 4.69) is 6.07 Å². The summed E-state index contributed by atoms with van der Waals surface area (Å²) >= 11 is 0. The first-order chi connectivity index (χ1) is 6.16. The monoisotopic (exact) mass is 180 g/mol. The lowest BCUT2D eigenvalue weighted by atomic mass is 9.84. The molecule has 1 saturated carbocycles. The van der Waals surface area contributed by atoms with E-state index in [1.807, 2.05) is 6.92 Å². The molecule has 1 amide bonds. The molecule has 72 valence electrons. The van der Waals surface area contributed by atoms with E-state index in [0.29, 0.717) is 6.42 Å². The Morgan fingerprint density at radius 3 is 2.69 bits per heavy atom. The van der Waals surface area contributed by atoms with Crippen LogP contribution in [0.15, 0.2) is 0 Å². The van der Waals surface area contributed by atoms with Gasteiger partial charge in [-0.05, 0) is 19.8 Å². The van der Waals surface area contributed by atoms with E-state index in [1.165, 1.54) is 6.42 Å². The van der Waals surface area contributed by atoms with E-state index in [4.69, 9.17) is 5.26 Å². The van der Waals surface area contributed by atoms with Crippen molar-refractivity contribution in [1.82, 2.24) is 4.90 Å². The maximum Gasteiger partial charge on any atom is 0.225 e. The number of rotatable bonds is 3. The Bertz CT molecular complexity index is 228. The van der Waals surface area contributed by atoms with Gasteiger partial charge in [-0.25, -0.2) is 0 Å². The number of hydrogen-bond acceptors (Lipinski definition) is 2. The first-order valence-corrected chi connectivity index (χ1v) is 4.80. The van der Waals surface area contributed by atoms with E-state index in [1.54, 1.807) is 11.9 Å². The highest BCUT2D eigenvalue weighted by Gasteiger charge is 2.29. The predicted molar refractivity (Wildman–Crippen MR) is 49.8 cm³/mol. The van der Waals surface area contributed by atoms with Crippen LogP contribution in [-0.4, -0.2) is 23.9 Å². The highest BCUT2D eigenvalue weighted by molar-refractivity contribution is 5.79. The van der Waals surface area contributed by atoms with Crippen LogP contribution in [0.5, 0.6) is 0 Å². The normalized spacial score (nSPS) is 18.5. The number of hydrogen-bond donors (Lipinski definition) is 0. The smallest absolute Gasteiger partial charge is 0.225 e. The molecule has 0 aromatic heterocycles. The molecule has 1 fully saturated rings. The first kappa shape index (κ1) is 10.0. The van der Waals surface area contributed by atoms with Crippen LogP contribution in [0.4, 0.5) is 0 Å². The second-order valence-electron chi connectivity index (χ2n) is 3.79. The molecule has 0 spiro atoms. The average molecular weight is 180 g/mol. The summed E-state index contributed by atoms with van der Waals surface area (Å²) in [6, 6.07) is 2.14. The van der Waals surface area contributed by atoms with Gasteiger partial charge >= 0.3 is 0 Å². The largest absolute Gasteiger partial charge is 0.342 e. The molecule has 0 N–H and O–H groups in total. The molecule has 1 aliphatic rings. The second-order valence-corrected chi connectivity index (χ2v) is 3.79. The number of carbonyl (C=O) groups excluding carboxylic acids is 1. The van der Waals surface area contributed by atoms with Gasteiger partial charge in [-0.15, -0.1) is 0 Å². The van der Waals surface area contributed by atoms with Gasteiger partial charge in [0, 0.05) is 19.0 Å². The summed E-state index contributed by atoms with van der Waals surface area (Å²) in [7, 11) is 1.79. The highest BCUT2D eigenvalue weighted by Crippen LogP contribution is 2.28. The minimum atomic E-state index is 0.0538. The molecule has 1 unspecified atom stereocenters. The van der Waals surface area contributed by atoms with Crippen LogP contribution in [0.1, 0.15) is 32.6 Å².